The smallest absolute Gasteiger partial charge is 0.335 e. The van der Waals surface area contributed by atoms with Gasteiger partial charge in [0.2, 0.25) is 0 Å². The van der Waals surface area contributed by atoms with Gasteiger partial charge in [-0.05, 0) is 178 Å². The Bertz CT molecular complexity index is 3260. The van der Waals surface area contributed by atoms with Crippen LogP contribution >= 0.6 is 0 Å². The molecule has 8 bridgehead atoms. The number of carbonyl (C=O) groups is 1. The van der Waals surface area contributed by atoms with Gasteiger partial charge in [0.15, 0.2) is 0 Å². The lowest BCUT2D eigenvalue weighted by molar-refractivity contribution is 0.0697. The van der Waals surface area contributed by atoms with Gasteiger partial charge in [0.05, 0.1) is 33.9 Å². The molecule has 0 saturated carbocycles. The minimum atomic E-state index is -0.960. The van der Waals surface area contributed by atoms with Crippen molar-refractivity contribution in [2.75, 3.05) is 0 Å². The van der Waals surface area contributed by atoms with Crippen LogP contribution in [0.1, 0.15) is 83.2 Å². The standard InChI is InChI=1S/C54H46N4O2/c1-26-18-29(4)46(30(5)19-26)50-40-13-12-39(55-40)49-36-11-10-35(54(59)60)24-37(36)38-25-45(58-53(38)49)52(48-33(8)22-28(3)23-34(48)9)44-17-16-43(57-44)51(42-15-14-41(50)56-42)47-31(6)20-27(2)21-32(47)7/h10-25,56,58H,1-9H3,(H,59,60). The molecule has 2 aliphatic heterocycles. The number of H-pyrrole nitrogens is 2. The minimum absolute atomic E-state index is 0.243. The molecular weight excluding hydrogens is 737 g/mol. The van der Waals surface area contributed by atoms with Gasteiger partial charge in [-0.2, -0.15) is 0 Å². The zero-order valence-corrected chi connectivity index (χ0v) is 35.5. The maximum absolute atomic E-state index is 12.4. The van der Waals surface area contributed by atoms with Crippen LogP contribution in [0.3, 0.4) is 0 Å². The quantitative estimate of drug-likeness (QED) is 0.166. The first-order valence-corrected chi connectivity index (χ1v) is 20.6. The summed E-state index contributed by atoms with van der Waals surface area (Å²) >= 11 is 0. The van der Waals surface area contributed by atoms with E-state index in [2.05, 4.69) is 151 Å². The predicted octanol–water partition coefficient (Wildman–Crippen LogP) is 13.8. The second-order valence-corrected chi connectivity index (χ2v) is 17.1. The molecule has 294 valence electrons. The topological polar surface area (TPSA) is 94.7 Å². The molecule has 3 aromatic heterocycles. The van der Waals surface area contributed by atoms with Crippen molar-refractivity contribution in [1.29, 1.82) is 0 Å². The highest BCUT2D eigenvalue weighted by atomic mass is 16.4. The molecule has 0 fully saturated rings. The molecule has 60 heavy (non-hydrogen) atoms. The van der Waals surface area contributed by atoms with Gasteiger partial charge in [-0.3, -0.25) is 0 Å². The zero-order chi connectivity index (χ0) is 41.9. The van der Waals surface area contributed by atoms with E-state index < -0.39 is 5.97 Å². The molecule has 10 rings (SSSR count). The summed E-state index contributed by atoms with van der Waals surface area (Å²) in [6, 6.07) is 25.5. The molecule has 5 heterocycles. The second kappa shape index (κ2) is 13.5. The predicted molar refractivity (Wildman–Crippen MR) is 249 cm³/mol. The van der Waals surface area contributed by atoms with Crippen molar-refractivity contribution >= 4 is 52.3 Å². The number of carboxylic acids is 1. The Balaban J connectivity index is 1.45. The van der Waals surface area contributed by atoms with E-state index in [0.29, 0.717) is 0 Å². The molecule has 0 atom stereocenters. The third kappa shape index (κ3) is 5.73. The van der Waals surface area contributed by atoms with Crippen LogP contribution in [0, 0.1) is 62.3 Å². The van der Waals surface area contributed by atoms with E-state index in [4.69, 9.17) is 9.97 Å². The van der Waals surface area contributed by atoms with Crippen LogP contribution in [-0.2, 0) is 0 Å². The molecular formula is C54H46N4O2. The van der Waals surface area contributed by atoms with Gasteiger partial charge in [0.1, 0.15) is 0 Å². The first-order chi connectivity index (χ1) is 28.7. The maximum atomic E-state index is 12.4. The van der Waals surface area contributed by atoms with Crippen molar-refractivity contribution in [3.8, 4) is 55.6 Å². The van der Waals surface area contributed by atoms with Crippen molar-refractivity contribution in [2.24, 2.45) is 0 Å². The van der Waals surface area contributed by atoms with E-state index in [1.807, 2.05) is 6.07 Å². The average molecular weight is 783 g/mol. The van der Waals surface area contributed by atoms with Gasteiger partial charge in [0.25, 0.3) is 0 Å². The number of aromatic carboxylic acids is 1. The van der Waals surface area contributed by atoms with Crippen molar-refractivity contribution in [3.05, 3.63) is 151 Å². The van der Waals surface area contributed by atoms with Crippen LogP contribution in [0.2, 0.25) is 0 Å². The van der Waals surface area contributed by atoms with Crippen molar-refractivity contribution < 1.29 is 9.90 Å². The number of nitrogens with one attached hydrogen (secondary N) is 2. The Morgan fingerprint density at radius 2 is 0.817 bits per heavy atom. The Labute approximate surface area is 350 Å². The molecule has 7 aromatic rings. The molecule has 6 nitrogen and oxygen atoms in total. The highest BCUT2D eigenvalue weighted by molar-refractivity contribution is 6.13. The lowest BCUT2D eigenvalue weighted by Crippen LogP contribution is -1.96. The van der Waals surface area contributed by atoms with E-state index in [1.54, 1.807) is 12.1 Å². The summed E-state index contributed by atoms with van der Waals surface area (Å²) in [5.41, 5.74) is 28.3. The van der Waals surface area contributed by atoms with E-state index >= 15 is 0 Å². The lowest BCUT2D eigenvalue weighted by atomic mass is 9.92. The first-order valence-electron chi connectivity index (χ1n) is 20.6. The zero-order valence-electron chi connectivity index (χ0n) is 35.5. The van der Waals surface area contributed by atoms with Crippen LogP contribution in [0.25, 0.3) is 102 Å². The number of aromatic amines is 2. The SMILES string of the molecule is Cc1cc(C)c(-c2c3nc(c(-c4c(C)cc(C)cc4C)c4cc5c([nH]4)c(c4nc(c(-c6c(C)cc(C)cc6C)c6ccc2[nH]6)C=C4)-c2ccc(C(=O)O)cc2-5)C=C3)c(C)c1. The van der Waals surface area contributed by atoms with Crippen molar-refractivity contribution in [2.45, 2.75) is 62.3 Å². The van der Waals surface area contributed by atoms with Crippen LogP contribution in [-0.4, -0.2) is 31.0 Å². The molecule has 0 amide bonds. The molecule has 0 radical (unpaired) electrons. The molecule has 3 N–H and O–H groups in total. The molecule has 1 aliphatic carbocycles. The molecule has 4 aromatic carbocycles. The lowest BCUT2D eigenvalue weighted by Gasteiger charge is -2.14. The number of rotatable bonds is 4. The van der Waals surface area contributed by atoms with Gasteiger partial charge < -0.3 is 15.1 Å². The van der Waals surface area contributed by atoms with Crippen molar-refractivity contribution in [3.63, 3.8) is 0 Å². The van der Waals surface area contributed by atoms with Gasteiger partial charge >= 0.3 is 5.97 Å². The maximum Gasteiger partial charge on any atom is 0.335 e. The van der Waals surface area contributed by atoms with Gasteiger partial charge in [-0.15, -0.1) is 0 Å². The van der Waals surface area contributed by atoms with Crippen LogP contribution < -0.4 is 0 Å². The number of hydrogen-bond acceptors (Lipinski definition) is 3. The number of hydrogen-bond donors (Lipinski definition) is 3. The minimum Gasteiger partial charge on any atom is -0.478 e. The fourth-order valence-corrected chi connectivity index (χ4v) is 10.4. The molecule has 6 heteroatoms. The van der Waals surface area contributed by atoms with Crippen LogP contribution in [0.5, 0.6) is 0 Å². The Morgan fingerprint density at radius 1 is 0.417 bits per heavy atom. The molecule has 0 spiro atoms. The monoisotopic (exact) mass is 782 g/mol. The number of carboxylic acid groups (broad SMARTS) is 1. The summed E-state index contributed by atoms with van der Waals surface area (Å²) in [6.07, 6.45) is 8.55. The summed E-state index contributed by atoms with van der Waals surface area (Å²) in [5.74, 6) is -0.960. The summed E-state index contributed by atoms with van der Waals surface area (Å²) in [4.78, 5) is 31.3. The largest absolute Gasteiger partial charge is 0.478 e. The number of benzene rings is 4. The Hall–Kier alpha value is -7.05. The normalized spacial score (nSPS) is 12.4. The molecule has 0 unspecified atom stereocenters. The molecule has 0 saturated heterocycles. The summed E-state index contributed by atoms with van der Waals surface area (Å²) in [7, 11) is 0. The average Bonchev–Trinajstić information content (AvgIpc) is 4.02. The fourth-order valence-electron chi connectivity index (χ4n) is 10.4. The summed E-state index contributed by atoms with van der Waals surface area (Å²) < 4.78 is 0. The van der Waals surface area contributed by atoms with Crippen LogP contribution in [0.15, 0.2) is 72.8 Å². The van der Waals surface area contributed by atoms with E-state index in [9.17, 15) is 9.90 Å². The second-order valence-electron chi connectivity index (χ2n) is 17.1. The number of fused-ring (bicyclic) bond motifs is 11. The van der Waals surface area contributed by atoms with Gasteiger partial charge in [0, 0.05) is 44.4 Å². The molecule has 3 aliphatic rings. The van der Waals surface area contributed by atoms with Crippen LogP contribution in [0.4, 0.5) is 0 Å². The Morgan fingerprint density at radius 3 is 1.23 bits per heavy atom. The number of aromatic nitrogens is 4. The fraction of sp³-hybridized carbons (Fsp3) is 0.167. The third-order valence-corrected chi connectivity index (χ3v) is 12.5. The van der Waals surface area contributed by atoms with E-state index in [0.717, 1.165) is 112 Å². The van der Waals surface area contributed by atoms with E-state index in [-0.39, 0.29) is 5.56 Å². The van der Waals surface area contributed by atoms with Gasteiger partial charge in [-0.25, -0.2) is 14.8 Å². The highest BCUT2D eigenvalue weighted by Crippen LogP contribution is 2.50. The number of nitrogens with zero attached hydrogens (tertiary/aromatic N) is 2. The Kier molecular flexibility index (Phi) is 8.38. The highest BCUT2D eigenvalue weighted by Gasteiger charge is 2.28. The third-order valence-electron chi connectivity index (χ3n) is 12.5. The number of aryl methyl sites for hydroxylation is 9. The van der Waals surface area contributed by atoms with E-state index in [1.165, 1.54) is 38.9 Å². The van der Waals surface area contributed by atoms with Crippen molar-refractivity contribution in [1.82, 2.24) is 19.9 Å². The summed E-state index contributed by atoms with van der Waals surface area (Å²) in [6.45, 7) is 19.5. The van der Waals surface area contributed by atoms with Gasteiger partial charge in [-0.1, -0.05) is 59.2 Å². The summed E-state index contributed by atoms with van der Waals surface area (Å²) in [5, 5.41) is 10.2. The first kappa shape index (κ1) is 37.2.